The lowest BCUT2D eigenvalue weighted by atomic mass is 9.94. The zero-order chi connectivity index (χ0) is 23.6. The normalized spacial score (nSPS) is 24.7. The first-order valence-electron chi connectivity index (χ1n) is 11.6. The highest BCUT2D eigenvalue weighted by molar-refractivity contribution is 5.15. The number of aliphatic hydroxyl groups excluding tert-OH is 2. The summed E-state index contributed by atoms with van der Waals surface area (Å²) in [5.41, 5.74) is 3.01. The lowest BCUT2D eigenvalue weighted by Crippen LogP contribution is -2.61. The van der Waals surface area contributed by atoms with Crippen molar-refractivity contribution in [2.24, 2.45) is 0 Å². The molecule has 4 rings (SSSR count). The van der Waals surface area contributed by atoms with Crippen LogP contribution >= 0.6 is 0 Å². The Morgan fingerprint density at radius 3 is 1.59 bits per heavy atom. The summed E-state index contributed by atoms with van der Waals surface area (Å²) in [6, 6.07) is 29.3. The number of hydrogen-bond acceptors (Lipinski definition) is 6. The van der Waals surface area contributed by atoms with Crippen molar-refractivity contribution in [1.82, 2.24) is 0 Å². The summed E-state index contributed by atoms with van der Waals surface area (Å²) in [4.78, 5) is 0. The van der Waals surface area contributed by atoms with E-state index in [-0.39, 0.29) is 13.2 Å². The Labute approximate surface area is 200 Å². The Hall–Kier alpha value is -2.58. The van der Waals surface area contributed by atoms with E-state index < -0.39 is 30.5 Å². The van der Waals surface area contributed by atoms with E-state index in [1.54, 1.807) is 0 Å². The van der Waals surface area contributed by atoms with Crippen LogP contribution in [0.25, 0.3) is 0 Å². The Morgan fingerprint density at radius 2 is 1.09 bits per heavy atom. The fraction of sp³-hybridized carbons (Fsp3) is 0.357. The van der Waals surface area contributed by atoms with Crippen LogP contribution in [0.3, 0.4) is 0 Å². The molecule has 0 spiro atoms. The average Bonchev–Trinajstić information content (AvgIpc) is 2.89. The van der Waals surface area contributed by atoms with E-state index in [0.29, 0.717) is 19.8 Å². The second kappa shape index (κ2) is 12.8. The first-order valence-corrected chi connectivity index (χ1v) is 11.6. The van der Waals surface area contributed by atoms with Crippen LogP contribution < -0.4 is 0 Å². The van der Waals surface area contributed by atoms with Gasteiger partial charge in [0, 0.05) is 0 Å². The minimum atomic E-state index is -0.983. The number of hydrogen-bond donors (Lipinski definition) is 2. The lowest BCUT2D eigenvalue weighted by Gasteiger charge is -2.44. The van der Waals surface area contributed by atoms with Crippen LogP contribution in [0, 0.1) is 0 Å². The maximum Gasteiger partial charge on any atom is 0.115 e. The van der Waals surface area contributed by atoms with Gasteiger partial charge in [-0.25, -0.2) is 0 Å². The summed E-state index contributed by atoms with van der Waals surface area (Å²) in [5, 5.41) is 21.3. The third-order valence-corrected chi connectivity index (χ3v) is 5.90. The number of aliphatic hydroxyl groups is 2. The van der Waals surface area contributed by atoms with Gasteiger partial charge in [0.1, 0.15) is 30.5 Å². The highest BCUT2D eigenvalue weighted by Crippen LogP contribution is 2.28. The second-order valence-electron chi connectivity index (χ2n) is 8.41. The van der Waals surface area contributed by atoms with Crippen LogP contribution in [-0.2, 0) is 38.8 Å². The molecule has 0 aliphatic carbocycles. The Bertz CT molecular complexity index is 952. The molecule has 1 aliphatic heterocycles. The number of benzene rings is 3. The van der Waals surface area contributed by atoms with Crippen molar-refractivity contribution < 1.29 is 29.2 Å². The van der Waals surface area contributed by atoms with Gasteiger partial charge in [0.05, 0.1) is 33.0 Å². The fourth-order valence-electron chi connectivity index (χ4n) is 4.08. The highest BCUT2D eigenvalue weighted by Gasteiger charge is 2.46. The van der Waals surface area contributed by atoms with E-state index in [1.807, 2.05) is 91.0 Å². The zero-order valence-corrected chi connectivity index (χ0v) is 19.1. The molecule has 0 bridgehead atoms. The van der Waals surface area contributed by atoms with Gasteiger partial charge in [-0.3, -0.25) is 0 Å². The molecule has 1 aliphatic rings. The summed E-state index contributed by atoms with van der Waals surface area (Å²) in [5.74, 6) is 0. The molecule has 0 aromatic heterocycles. The van der Waals surface area contributed by atoms with Crippen molar-refractivity contribution >= 4 is 0 Å². The predicted molar refractivity (Wildman–Crippen MR) is 128 cm³/mol. The third-order valence-electron chi connectivity index (χ3n) is 5.90. The smallest absolute Gasteiger partial charge is 0.115 e. The van der Waals surface area contributed by atoms with Gasteiger partial charge >= 0.3 is 0 Å². The van der Waals surface area contributed by atoms with E-state index >= 15 is 0 Å². The molecule has 0 saturated carbocycles. The number of ether oxygens (including phenoxy) is 4. The minimum absolute atomic E-state index is 0.170. The molecule has 1 heterocycles. The third kappa shape index (κ3) is 6.73. The van der Waals surface area contributed by atoms with E-state index in [9.17, 15) is 10.2 Å². The Morgan fingerprint density at radius 1 is 0.618 bits per heavy atom. The second-order valence-corrected chi connectivity index (χ2v) is 8.41. The average molecular weight is 465 g/mol. The standard InChI is InChI=1S/C28H32O6/c29-16-24-27(32-18-22-12-6-2-7-13-22)28(33-19-23-14-8-3-9-15-23)26(30)25(34-24)20-31-17-21-10-4-1-5-11-21/h1-15,24-30H,16-20H2/t24-,25-,26-,27-,28+/m1/s1. The molecule has 1 saturated heterocycles. The maximum atomic E-state index is 11.2. The summed E-state index contributed by atoms with van der Waals surface area (Å²) in [6.45, 7) is 0.943. The first kappa shape index (κ1) is 24.5. The van der Waals surface area contributed by atoms with Crippen molar-refractivity contribution in [1.29, 1.82) is 0 Å². The first-order chi connectivity index (χ1) is 16.7. The van der Waals surface area contributed by atoms with Gasteiger partial charge in [0.2, 0.25) is 0 Å². The molecule has 0 unspecified atom stereocenters. The Kier molecular flexibility index (Phi) is 9.21. The van der Waals surface area contributed by atoms with E-state index in [0.717, 1.165) is 16.7 Å². The molecule has 3 aromatic rings. The summed E-state index contributed by atoms with van der Waals surface area (Å²) >= 11 is 0. The zero-order valence-electron chi connectivity index (χ0n) is 19.1. The van der Waals surface area contributed by atoms with Crippen LogP contribution in [0.15, 0.2) is 91.0 Å². The van der Waals surface area contributed by atoms with Gasteiger partial charge in [0.25, 0.3) is 0 Å². The molecule has 0 radical (unpaired) electrons. The fourth-order valence-corrected chi connectivity index (χ4v) is 4.08. The molecule has 180 valence electrons. The van der Waals surface area contributed by atoms with Crippen molar-refractivity contribution in [3.8, 4) is 0 Å². The predicted octanol–water partition coefficient (Wildman–Crippen LogP) is 3.49. The molecule has 1 fully saturated rings. The number of rotatable bonds is 11. The molecule has 0 amide bonds. The van der Waals surface area contributed by atoms with Crippen LogP contribution in [0.4, 0.5) is 0 Å². The quantitative estimate of drug-likeness (QED) is 0.452. The molecule has 3 aromatic carbocycles. The highest BCUT2D eigenvalue weighted by atomic mass is 16.6. The van der Waals surface area contributed by atoms with Gasteiger partial charge < -0.3 is 29.2 Å². The Balaban J connectivity index is 1.44. The van der Waals surface area contributed by atoms with Crippen molar-refractivity contribution in [2.75, 3.05) is 13.2 Å². The molecule has 6 nitrogen and oxygen atoms in total. The van der Waals surface area contributed by atoms with Crippen molar-refractivity contribution in [3.05, 3.63) is 108 Å². The van der Waals surface area contributed by atoms with E-state index in [4.69, 9.17) is 18.9 Å². The topological polar surface area (TPSA) is 77.4 Å². The van der Waals surface area contributed by atoms with Crippen LogP contribution in [-0.4, -0.2) is 53.9 Å². The van der Waals surface area contributed by atoms with Crippen molar-refractivity contribution in [3.63, 3.8) is 0 Å². The van der Waals surface area contributed by atoms with Crippen LogP contribution in [0.2, 0.25) is 0 Å². The molecule has 5 atom stereocenters. The molecule has 34 heavy (non-hydrogen) atoms. The maximum absolute atomic E-state index is 11.2. The molecular formula is C28H32O6. The van der Waals surface area contributed by atoms with Crippen LogP contribution in [0.1, 0.15) is 16.7 Å². The molecule has 2 N–H and O–H groups in total. The minimum Gasteiger partial charge on any atom is -0.394 e. The monoisotopic (exact) mass is 464 g/mol. The van der Waals surface area contributed by atoms with Gasteiger partial charge in [-0.1, -0.05) is 91.0 Å². The van der Waals surface area contributed by atoms with Crippen LogP contribution in [0.5, 0.6) is 0 Å². The van der Waals surface area contributed by atoms with Gasteiger partial charge in [0.15, 0.2) is 0 Å². The summed E-state index contributed by atoms with van der Waals surface area (Å²) in [6.07, 6.45) is -3.63. The SMILES string of the molecule is OC[C@H]1O[C@H](COCc2ccccc2)[C@@H](O)[C@H](OCc2ccccc2)[C@@H]1OCc1ccccc1. The van der Waals surface area contributed by atoms with E-state index in [1.165, 1.54) is 0 Å². The van der Waals surface area contributed by atoms with Gasteiger partial charge in [-0.15, -0.1) is 0 Å². The van der Waals surface area contributed by atoms with Crippen molar-refractivity contribution in [2.45, 2.75) is 50.3 Å². The van der Waals surface area contributed by atoms with Gasteiger partial charge in [-0.2, -0.15) is 0 Å². The summed E-state index contributed by atoms with van der Waals surface area (Å²) < 4.78 is 24.2. The molecular weight excluding hydrogens is 432 g/mol. The van der Waals surface area contributed by atoms with E-state index in [2.05, 4.69) is 0 Å². The molecule has 6 heteroatoms. The lowest BCUT2D eigenvalue weighted by molar-refractivity contribution is -0.265. The van der Waals surface area contributed by atoms with Gasteiger partial charge in [-0.05, 0) is 16.7 Å². The largest absolute Gasteiger partial charge is 0.394 e. The summed E-state index contributed by atoms with van der Waals surface area (Å²) in [7, 11) is 0.